The minimum absolute atomic E-state index is 0.166. The van der Waals surface area contributed by atoms with Crippen LogP contribution < -0.4 is 5.32 Å². The fraction of sp³-hybridized carbons (Fsp3) is 0.500. The highest BCUT2D eigenvalue weighted by molar-refractivity contribution is 8.00. The quantitative estimate of drug-likeness (QED) is 0.646. The van der Waals surface area contributed by atoms with Gasteiger partial charge in [0.15, 0.2) is 0 Å². The topological polar surface area (TPSA) is 55.2 Å². The van der Waals surface area contributed by atoms with E-state index in [0.717, 1.165) is 12.1 Å². The van der Waals surface area contributed by atoms with Gasteiger partial charge in [0.25, 0.3) is 5.69 Å². The summed E-state index contributed by atoms with van der Waals surface area (Å²) in [5.74, 6) is 1.27. The third-order valence-electron chi connectivity index (χ3n) is 2.85. The van der Waals surface area contributed by atoms with E-state index in [0.29, 0.717) is 11.8 Å². The smallest absolute Gasteiger partial charge is 0.269 e. The van der Waals surface area contributed by atoms with Crippen molar-refractivity contribution in [3.05, 3.63) is 39.9 Å². The van der Waals surface area contributed by atoms with Gasteiger partial charge in [0.05, 0.1) is 4.92 Å². The molecule has 0 bridgehead atoms. The predicted octanol–water partition coefficient (Wildman–Crippen LogP) is 2.58. The Morgan fingerprint density at radius 3 is 3.12 bits per heavy atom. The summed E-state index contributed by atoms with van der Waals surface area (Å²) < 4.78 is 0. The summed E-state index contributed by atoms with van der Waals surface area (Å²) in [4.78, 5) is 10.3. The third kappa shape index (κ3) is 3.71. The lowest BCUT2D eigenvalue weighted by molar-refractivity contribution is -0.384. The molecule has 0 aromatic heterocycles. The zero-order chi connectivity index (χ0) is 12.1. The van der Waals surface area contributed by atoms with E-state index in [1.54, 1.807) is 12.1 Å². The van der Waals surface area contributed by atoms with Crippen molar-refractivity contribution >= 4 is 17.4 Å². The molecule has 1 unspecified atom stereocenters. The van der Waals surface area contributed by atoms with E-state index in [4.69, 9.17) is 0 Å². The second-order valence-electron chi connectivity index (χ2n) is 4.19. The predicted molar refractivity (Wildman–Crippen MR) is 70.3 cm³/mol. The number of benzene rings is 1. The molecule has 5 heteroatoms. The van der Waals surface area contributed by atoms with E-state index in [1.807, 2.05) is 17.8 Å². The molecular formula is C12H16N2O2S. The van der Waals surface area contributed by atoms with Crippen LogP contribution in [-0.2, 0) is 6.54 Å². The summed E-state index contributed by atoms with van der Waals surface area (Å²) >= 11 is 2.01. The minimum Gasteiger partial charge on any atom is -0.312 e. The van der Waals surface area contributed by atoms with Gasteiger partial charge >= 0.3 is 0 Å². The Bertz CT molecular complexity index is 392. The number of non-ortho nitro benzene ring substituents is 1. The fourth-order valence-corrected chi connectivity index (χ4v) is 3.20. The Balaban J connectivity index is 1.81. The molecule has 1 aliphatic heterocycles. The van der Waals surface area contributed by atoms with Crippen LogP contribution in [0.4, 0.5) is 5.69 Å². The van der Waals surface area contributed by atoms with E-state index in [2.05, 4.69) is 5.32 Å². The van der Waals surface area contributed by atoms with E-state index < -0.39 is 0 Å². The Kier molecular flexibility index (Phi) is 4.39. The van der Waals surface area contributed by atoms with Crippen LogP contribution in [0.15, 0.2) is 24.3 Å². The van der Waals surface area contributed by atoms with Gasteiger partial charge in [-0.15, -0.1) is 0 Å². The standard InChI is InChI=1S/C12H16N2O2S/c15-14(16)11-4-1-3-10(7-11)8-13-9-12-5-2-6-17-12/h1,3-4,7,12-13H,2,5-6,8-9H2. The van der Waals surface area contributed by atoms with Crippen LogP contribution in [0, 0.1) is 10.1 Å². The largest absolute Gasteiger partial charge is 0.312 e. The summed E-state index contributed by atoms with van der Waals surface area (Å²) in [5.41, 5.74) is 1.14. The van der Waals surface area contributed by atoms with Gasteiger partial charge in [0.1, 0.15) is 0 Å². The Morgan fingerprint density at radius 2 is 2.41 bits per heavy atom. The second kappa shape index (κ2) is 6.02. The number of rotatable bonds is 5. The van der Waals surface area contributed by atoms with Crippen molar-refractivity contribution in [1.29, 1.82) is 0 Å². The van der Waals surface area contributed by atoms with Crippen LogP contribution in [-0.4, -0.2) is 22.5 Å². The Morgan fingerprint density at radius 1 is 1.53 bits per heavy atom. The average Bonchev–Trinajstić information content (AvgIpc) is 2.82. The second-order valence-corrected chi connectivity index (χ2v) is 5.60. The van der Waals surface area contributed by atoms with Crippen molar-refractivity contribution in [2.75, 3.05) is 12.3 Å². The van der Waals surface area contributed by atoms with Crippen LogP contribution in [0.3, 0.4) is 0 Å². The molecule has 1 fully saturated rings. The number of thioether (sulfide) groups is 1. The molecule has 4 nitrogen and oxygen atoms in total. The first-order valence-electron chi connectivity index (χ1n) is 5.81. The summed E-state index contributed by atoms with van der Waals surface area (Å²) in [5, 5.41) is 14.7. The summed E-state index contributed by atoms with van der Waals surface area (Å²) in [6.45, 7) is 1.70. The molecule has 92 valence electrons. The summed E-state index contributed by atoms with van der Waals surface area (Å²) in [7, 11) is 0. The maximum Gasteiger partial charge on any atom is 0.269 e. The van der Waals surface area contributed by atoms with Gasteiger partial charge in [0.2, 0.25) is 0 Å². The normalized spacial score (nSPS) is 19.4. The molecule has 0 aliphatic carbocycles. The maximum absolute atomic E-state index is 10.6. The van der Waals surface area contributed by atoms with E-state index in [-0.39, 0.29) is 10.6 Å². The molecule has 1 N–H and O–H groups in total. The first-order valence-corrected chi connectivity index (χ1v) is 6.86. The lowest BCUT2D eigenvalue weighted by atomic mass is 10.2. The van der Waals surface area contributed by atoms with Gasteiger partial charge < -0.3 is 5.32 Å². The van der Waals surface area contributed by atoms with Crippen molar-refractivity contribution in [2.24, 2.45) is 0 Å². The highest BCUT2D eigenvalue weighted by Crippen LogP contribution is 2.25. The first kappa shape index (κ1) is 12.4. The minimum atomic E-state index is -0.351. The highest BCUT2D eigenvalue weighted by Gasteiger charge is 2.14. The SMILES string of the molecule is O=[N+]([O-])c1cccc(CNCC2CCCS2)c1. The first-order chi connectivity index (χ1) is 8.25. The molecule has 0 radical (unpaired) electrons. The fourth-order valence-electron chi connectivity index (χ4n) is 1.96. The number of nitro benzene ring substituents is 1. The highest BCUT2D eigenvalue weighted by atomic mass is 32.2. The molecule has 0 saturated carbocycles. The van der Waals surface area contributed by atoms with Crippen LogP contribution >= 0.6 is 11.8 Å². The number of hydrogen-bond donors (Lipinski definition) is 1. The van der Waals surface area contributed by atoms with Crippen molar-refractivity contribution in [1.82, 2.24) is 5.32 Å². The van der Waals surface area contributed by atoms with Crippen molar-refractivity contribution in [2.45, 2.75) is 24.6 Å². The van der Waals surface area contributed by atoms with Crippen LogP contribution in [0.2, 0.25) is 0 Å². The van der Waals surface area contributed by atoms with Crippen molar-refractivity contribution in [3.8, 4) is 0 Å². The lowest BCUT2D eigenvalue weighted by Crippen LogP contribution is -2.22. The van der Waals surface area contributed by atoms with Crippen LogP contribution in [0.25, 0.3) is 0 Å². The summed E-state index contributed by atoms with van der Waals surface area (Å²) in [6, 6.07) is 6.81. The molecule has 1 saturated heterocycles. The third-order valence-corrected chi connectivity index (χ3v) is 4.24. The lowest BCUT2D eigenvalue weighted by Gasteiger charge is -2.09. The van der Waals surface area contributed by atoms with E-state index in [1.165, 1.54) is 24.7 Å². The van der Waals surface area contributed by atoms with E-state index in [9.17, 15) is 10.1 Å². The zero-order valence-corrected chi connectivity index (χ0v) is 10.4. The molecule has 1 aromatic carbocycles. The Hall–Kier alpha value is -1.07. The molecule has 17 heavy (non-hydrogen) atoms. The van der Waals surface area contributed by atoms with Gasteiger partial charge in [-0.2, -0.15) is 11.8 Å². The molecule has 1 aliphatic rings. The van der Waals surface area contributed by atoms with Crippen LogP contribution in [0.5, 0.6) is 0 Å². The average molecular weight is 252 g/mol. The molecular weight excluding hydrogens is 236 g/mol. The molecule has 1 aromatic rings. The van der Waals surface area contributed by atoms with E-state index >= 15 is 0 Å². The van der Waals surface area contributed by atoms with Crippen LogP contribution in [0.1, 0.15) is 18.4 Å². The molecule has 1 heterocycles. The summed E-state index contributed by atoms with van der Waals surface area (Å²) in [6.07, 6.45) is 2.60. The zero-order valence-electron chi connectivity index (χ0n) is 9.59. The molecule has 2 rings (SSSR count). The van der Waals surface area contributed by atoms with Gasteiger partial charge in [-0.1, -0.05) is 12.1 Å². The van der Waals surface area contributed by atoms with Gasteiger partial charge in [0, 0.05) is 30.5 Å². The van der Waals surface area contributed by atoms with Gasteiger partial charge in [-0.05, 0) is 24.2 Å². The number of nitrogens with one attached hydrogen (secondary N) is 1. The molecule has 0 amide bonds. The van der Waals surface area contributed by atoms with Gasteiger partial charge in [-0.3, -0.25) is 10.1 Å². The van der Waals surface area contributed by atoms with Crippen molar-refractivity contribution < 1.29 is 4.92 Å². The number of nitro groups is 1. The number of hydrogen-bond acceptors (Lipinski definition) is 4. The van der Waals surface area contributed by atoms with Crippen molar-refractivity contribution in [3.63, 3.8) is 0 Å². The monoisotopic (exact) mass is 252 g/mol. The number of nitrogens with zero attached hydrogens (tertiary/aromatic N) is 1. The molecule has 1 atom stereocenters. The van der Waals surface area contributed by atoms with Gasteiger partial charge in [-0.25, -0.2) is 0 Å². The Labute approximate surface area is 105 Å². The maximum atomic E-state index is 10.6. The molecule has 0 spiro atoms.